The zero-order valence-electron chi connectivity index (χ0n) is 19.9. The van der Waals surface area contributed by atoms with Crippen LogP contribution in [0.4, 0.5) is 5.00 Å². The van der Waals surface area contributed by atoms with Gasteiger partial charge in [0.1, 0.15) is 17.4 Å². The first kappa shape index (κ1) is 24.5. The van der Waals surface area contributed by atoms with Gasteiger partial charge in [0, 0.05) is 17.6 Å². The molecule has 6 heteroatoms. The first-order chi connectivity index (χ1) is 17.7. The van der Waals surface area contributed by atoms with Gasteiger partial charge in [-0.15, -0.1) is 11.3 Å². The van der Waals surface area contributed by atoms with E-state index in [0.717, 1.165) is 56.7 Å². The minimum atomic E-state index is -0.0451. The lowest BCUT2D eigenvalue weighted by Crippen LogP contribution is -2.24. The minimum absolute atomic E-state index is 0.0451. The van der Waals surface area contributed by atoms with Crippen molar-refractivity contribution in [2.75, 3.05) is 0 Å². The molecule has 1 amide bonds. The second-order valence-electron chi connectivity index (χ2n) is 8.78. The SMILES string of the molecule is O=C(NCc1ccccc1)c1c(N=Cc2ccc(OCc3ccccc3)c(Br)c2)sc2c1CCCC2. The van der Waals surface area contributed by atoms with Crippen molar-refractivity contribution >= 4 is 44.4 Å². The van der Waals surface area contributed by atoms with E-state index in [0.29, 0.717) is 13.2 Å². The average Bonchev–Trinajstić information content (AvgIpc) is 3.30. The van der Waals surface area contributed by atoms with Crippen molar-refractivity contribution in [3.8, 4) is 5.75 Å². The van der Waals surface area contributed by atoms with E-state index >= 15 is 0 Å². The molecule has 0 radical (unpaired) electrons. The highest BCUT2D eigenvalue weighted by atomic mass is 79.9. The van der Waals surface area contributed by atoms with E-state index in [2.05, 4.69) is 21.2 Å². The van der Waals surface area contributed by atoms with Crippen LogP contribution in [0.15, 0.2) is 88.3 Å². The number of hydrogen-bond acceptors (Lipinski definition) is 4. The van der Waals surface area contributed by atoms with Crippen molar-refractivity contribution in [3.05, 3.63) is 116 Å². The quantitative estimate of drug-likeness (QED) is 0.226. The second kappa shape index (κ2) is 11.7. The Morgan fingerprint density at radius 1 is 0.972 bits per heavy atom. The van der Waals surface area contributed by atoms with Crippen LogP contribution >= 0.6 is 27.3 Å². The highest BCUT2D eigenvalue weighted by molar-refractivity contribution is 9.10. The monoisotopic (exact) mass is 558 g/mol. The van der Waals surface area contributed by atoms with Crippen LogP contribution in [0.25, 0.3) is 0 Å². The van der Waals surface area contributed by atoms with Crippen molar-refractivity contribution in [3.63, 3.8) is 0 Å². The summed E-state index contributed by atoms with van der Waals surface area (Å²) in [6.45, 7) is 1.01. The van der Waals surface area contributed by atoms with Gasteiger partial charge in [-0.3, -0.25) is 4.79 Å². The van der Waals surface area contributed by atoms with Gasteiger partial charge < -0.3 is 10.1 Å². The Balaban J connectivity index is 1.32. The lowest BCUT2D eigenvalue weighted by molar-refractivity contribution is 0.0951. The maximum Gasteiger partial charge on any atom is 0.254 e. The smallest absolute Gasteiger partial charge is 0.254 e. The van der Waals surface area contributed by atoms with Crippen LogP contribution in [0.3, 0.4) is 0 Å². The summed E-state index contributed by atoms with van der Waals surface area (Å²) in [7, 11) is 0. The van der Waals surface area contributed by atoms with Crippen molar-refractivity contribution in [1.29, 1.82) is 0 Å². The highest BCUT2D eigenvalue weighted by Gasteiger charge is 2.25. The fourth-order valence-corrected chi connectivity index (χ4v) is 6.07. The Morgan fingerprint density at radius 2 is 1.69 bits per heavy atom. The molecule has 0 saturated heterocycles. The number of nitrogens with zero attached hydrogens (tertiary/aromatic N) is 1. The van der Waals surface area contributed by atoms with Gasteiger partial charge in [0.05, 0.1) is 10.0 Å². The Labute approximate surface area is 224 Å². The molecule has 0 bridgehead atoms. The number of aliphatic imine (C=N–C) groups is 1. The average molecular weight is 560 g/mol. The minimum Gasteiger partial charge on any atom is -0.488 e. The fourth-order valence-electron chi connectivity index (χ4n) is 4.33. The lowest BCUT2D eigenvalue weighted by atomic mass is 9.95. The molecule has 4 aromatic rings. The zero-order valence-corrected chi connectivity index (χ0v) is 22.3. The van der Waals surface area contributed by atoms with Gasteiger partial charge in [-0.25, -0.2) is 4.99 Å². The van der Waals surface area contributed by atoms with Crippen LogP contribution in [-0.2, 0) is 26.0 Å². The fraction of sp³-hybridized carbons (Fsp3) is 0.200. The summed E-state index contributed by atoms with van der Waals surface area (Å²) < 4.78 is 6.84. The Morgan fingerprint density at radius 3 is 2.44 bits per heavy atom. The van der Waals surface area contributed by atoms with Crippen LogP contribution in [0, 0.1) is 0 Å². The van der Waals surface area contributed by atoms with Gasteiger partial charge in [0.2, 0.25) is 0 Å². The molecule has 36 heavy (non-hydrogen) atoms. The molecule has 0 unspecified atom stereocenters. The maximum absolute atomic E-state index is 13.3. The first-order valence-electron chi connectivity index (χ1n) is 12.1. The molecule has 0 fully saturated rings. The number of carbonyl (C=O) groups excluding carboxylic acids is 1. The molecule has 0 atom stereocenters. The molecule has 3 aromatic carbocycles. The molecular weight excluding hydrogens is 532 g/mol. The third-order valence-corrected chi connectivity index (χ3v) is 8.02. The number of aryl methyl sites for hydroxylation is 1. The third kappa shape index (κ3) is 5.94. The number of hydrogen-bond donors (Lipinski definition) is 1. The van der Waals surface area contributed by atoms with E-state index in [1.165, 1.54) is 16.9 Å². The van der Waals surface area contributed by atoms with Crippen LogP contribution in [0.2, 0.25) is 0 Å². The molecule has 0 spiro atoms. The van der Waals surface area contributed by atoms with Crippen LogP contribution < -0.4 is 10.1 Å². The molecule has 182 valence electrons. The molecule has 0 aliphatic heterocycles. The van der Waals surface area contributed by atoms with Gasteiger partial charge >= 0.3 is 0 Å². The maximum atomic E-state index is 13.3. The topological polar surface area (TPSA) is 50.7 Å². The molecule has 0 saturated carbocycles. The summed E-state index contributed by atoms with van der Waals surface area (Å²) in [5.41, 5.74) is 5.06. The molecule has 5 rings (SSSR count). The summed E-state index contributed by atoms with van der Waals surface area (Å²) in [6.07, 6.45) is 6.07. The lowest BCUT2D eigenvalue weighted by Gasteiger charge is -2.13. The summed E-state index contributed by atoms with van der Waals surface area (Å²) in [6, 6.07) is 26.0. The normalized spacial score (nSPS) is 12.9. The number of thiophene rings is 1. The molecule has 1 heterocycles. The second-order valence-corrected chi connectivity index (χ2v) is 10.7. The van der Waals surface area contributed by atoms with Gasteiger partial charge in [0.15, 0.2) is 0 Å². The number of ether oxygens (including phenoxy) is 1. The molecule has 1 aliphatic rings. The van der Waals surface area contributed by atoms with Crippen molar-refractivity contribution < 1.29 is 9.53 Å². The standard InChI is InChI=1S/C30H27BrN2O2S/c31-25-17-23(15-16-26(25)35-20-22-11-5-2-6-12-22)19-33-30-28(24-13-7-8-14-27(24)36-30)29(34)32-18-21-9-3-1-4-10-21/h1-6,9-12,15-17,19H,7-8,13-14,18,20H2,(H,32,34). The summed E-state index contributed by atoms with van der Waals surface area (Å²) in [5.74, 6) is 0.736. The zero-order chi connectivity index (χ0) is 24.7. The summed E-state index contributed by atoms with van der Waals surface area (Å²) in [4.78, 5) is 19.4. The van der Waals surface area contributed by atoms with E-state index in [4.69, 9.17) is 9.73 Å². The molecule has 4 nitrogen and oxygen atoms in total. The number of benzene rings is 3. The van der Waals surface area contributed by atoms with Gasteiger partial charge in [0.25, 0.3) is 5.91 Å². The van der Waals surface area contributed by atoms with Crippen molar-refractivity contribution in [2.45, 2.75) is 38.8 Å². The number of halogens is 1. The van der Waals surface area contributed by atoms with Crippen LogP contribution in [-0.4, -0.2) is 12.1 Å². The Kier molecular flexibility index (Phi) is 7.94. The Bertz CT molecular complexity index is 1370. The van der Waals surface area contributed by atoms with Crippen molar-refractivity contribution in [1.82, 2.24) is 5.32 Å². The Hall–Kier alpha value is -3.22. The number of nitrogens with one attached hydrogen (secondary N) is 1. The van der Waals surface area contributed by atoms with E-state index in [1.807, 2.05) is 85.1 Å². The number of amides is 1. The van der Waals surface area contributed by atoms with E-state index in [9.17, 15) is 4.79 Å². The molecule has 1 aliphatic carbocycles. The summed E-state index contributed by atoms with van der Waals surface area (Å²) in [5, 5.41) is 3.89. The van der Waals surface area contributed by atoms with Gasteiger partial charge in [-0.2, -0.15) is 0 Å². The first-order valence-corrected chi connectivity index (χ1v) is 13.8. The molecular formula is C30H27BrN2O2S. The number of rotatable bonds is 8. The molecule has 1 aromatic heterocycles. The largest absolute Gasteiger partial charge is 0.488 e. The predicted octanol–water partition coefficient (Wildman–Crippen LogP) is 7.65. The van der Waals surface area contributed by atoms with Crippen LogP contribution in [0.5, 0.6) is 5.75 Å². The van der Waals surface area contributed by atoms with Gasteiger partial charge in [-0.1, -0.05) is 60.7 Å². The summed E-state index contributed by atoms with van der Waals surface area (Å²) >= 11 is 5.27. The number of fused-ring (bicyclic) bond motifs is 1. The van der Waals surface area contributed by atoms with Crippen LogP contribution in [0.1, 0.15) is 50.3 Å². The van der Waals surface area contributed by atoms with Crippen molar-refractivity contribution in [2.24, 2.45) is 4.99 Å². The van der Waals surface area contributed by atoms with E-state index in [-0.39, 0.29) is 5.91 Å². The highest BCUT2D eigenvalue weighted by Crippen LogP contribution is 2.40. The van der Waals surface area contributed by atoms with E-state index < -0.39 is 0 Å². The molecule has 1 N–H and O–H groups in total. The number of carbonyl (C=O) groups is 1. The third-order valence-electron chi connectivity index (χ3n) is 6.20. The van der Waals surface area contributed by atoms with E-state index in [1.54, 1.807) is 11.3 Å². The van der Waals surface area contributed by atoms with Gasteiger partial charge in [-0.05, 0) is 82.1 Å². The predicted molar refractivity (Wildman–Crippen MR) is 151 cm³/mol.